The van der Waals surface area contributed by atoms with Gasteiger partial charge in [-0.15, -0.1) is 0 Å². The number of nitrogens with zero attached hydrogens (tertiary/aromatic N) is 10. The van der Waals surface area contributed by atoms with Crippen molar-refractivity contribution in [3.8, 4) is 11.4 Å². The average molecular weight is 727 g/mol. The molecule has 2 fully saturated rings. The van der Waals surface area contributed by atoms with Crippen LogP contribution in [0.5, 0.6) is 0 Å². The zero-order chi connectivity index (χ0) is 36.9. The summed E-state index contributed by atoms with van der Waals surface area (Å²) < 4.78 is 0. The number of halogens is 1. The minimum absolute atomic E-state index is 0.118. The summed E-state index contributed by atoms with van der Waals surface area (Å²) in [6, 6.07) is 7.46. The molecule has 2 aliphatic carbocycles. The maximum atomic E-state index is 12.7. The van der Waals surface area contributed by atoms with Crippen molar-refractivity contribution in [1.82, 2.24) is 29.9 Å². The van der Waals surface area contributed by atoms with Crippen LogP contribution >= 0.6 is 11.6 Å². The maximum Gasteiger partial charge on any atom is 0.488 e. The number of carbonyl (C=O) groups is 2. The maximum absolute atomic E-state index is 12.7. The summed E-state index contributed by atoms with van der Waals surface area (Å²) in [5.74, 6) is 2.62. The number of amides is 2. The van der Waals surface area contributed by atoms with Crippen LogP contribution in [0.4, 0.5) is 23.0 Å². The zero-order valence-corrected chi connectivity index (χ0v) is 30.6. The van der Waals surface area contributed by atoms with Crippen LogP contribution < -0.4 is 25.1 Å². The van der Waals surface area contributed by atoms with Gasteiger partial charge in [0.1, 0.15) is 23.5 Å². The van der Waals surface area contributed by atoms with Crippen LogP contribution in [-0.4, -0.2) is 97.1 Å². The molecule has 0 bridgehead atoms. The fourth-order valence-electron chi connectivity index (χ4n) is 6.89. The Bertz CT molecular complexity index is 1850. The minimum atomic E-state index is -1.38. The summed E-state index contributed by atoms with van der Waals surface area (Å²) in [4.78, 5) is 58.4. The molecule has 0 aromatic carbocycles. The first-order valence-electron chi connectivity index (χ1n) is 17.8. The monoisotopic (exact) mass is 726 g/mol. The van der Waals surface area contributed by atoms with E-state index in [9.17, 15) is 9.59 Å². The summed E-state index contributed by atoms with van der Waals surface area (Å²) in [6.45, 7) is 4.11. The summed E-state index contributed by atoms with van der Waals surface area (Å²) in [5.41, 5.74) is 2.96. The molecule has 2 saturated carbocycles. The molecule has 2 aliphatic heterocycles. The number of carbonyl (C=O) groups excluding carboxylic acids is 2. The molecular weight excluding hydrogens is 683 g/mol. The van der Waals surface area contributed by atoms with Gasteiger partial charge in [0.05, 0.1) is 12.4 Å². The van der Waals surface area contributed by atoms with E-state index >= 15 is 0 Å². The molecule has 2 N–H and O–H groups in total. The molecule has 4 aromatic rings. The predicted octanol–water partition coefficient (Wildman–Crippen LogP) is 3.66. The lowest BCUT2D eigenvalue weighted by molar-refractivity contribution is -0.121. The van der Waals surface area contributed by atoms with E-state index in [-0.39, 0.29) is 29.2 Å². The molecule has 0 radical (unpaired) electrons. The number of hydrogen-bond acceptors (Lipinski definition) is 12. The molecule has 0 unspecified atom stereocenters. The average Bonchev–Trinajstić information content (AvgIpc) is 3.12. The van der Waals surface area contributed by atoms with Gasteiger partial charge in [-0.3, -0.25) is 19.6 Å². The van der Waals surface area contributed by atoms with Crippen LogP contribution in [0.3, 0.4) is 0 Å². The first kappa shape index (κ1) is 37.0. The largest absolute Gasteiger partial charge is 0.488 e. The molecular formula is C36H44BClN10O4. The highest BCUT2D eigenvalue weighted by Gasteiger charge is 2.43. The van der Waals surface area contributed by atoms with Crippen molar-refractivity contribution in [3.63, 3.8) is 0 Å². The SMILES string of the molecule is CC[C@@H]1C(=O)N(C)c2cnc(-c3ccncc3)nc2N1C1CCC1.CC[C@@H]1C(=O)N(C)c2cnc(Cl)nc2N1C1CCC1.OB(O)c1ccncc1. The third kappa shape index (κ3) is 7.43. The summed E-state index contributed by atoms with van der Waals surface area (Å²) in [7, 11) is 2.21. The van der Waals surface area contributed by atoms with Gasteiger partial charge in [0, 0.05) is 56.5 Å². The molecule has 4 aliphatic rings. The molecule has 0 spiro atoms. The van der Waals surface area contributed by atoms with Crippen molar-refractivity contribution < 1.29 is 19.6 Å². The van der Waals surface area contributed by atoms with Crippen molar-refractivity contribution in [2.45, 2.75) is 89.4 Å². The molecule has 8 rings (SSSR count). The smallest absolute Gasteiger partial charge is 0.423 e. The zero-order valence-electron chi connectivity index (χ0n) is 29.9. The number of hydrogen-bond donors (Lipinski definition) is 2. The van der Waals surface area contributed by atoms with Crippen molar-refractivity contribution in [2.24, 2.45) is 0 Å². The van der Waals surface area contributed by atoms with Crippen LogP contribution in [0.1, 0.15) is 65.2 Å². The summed E-state index contributed by atoms with van der Waals surface area (Å²) in [6.07, 6.45) is 18.4. The molecule has 2 atom stereocenters. The Labute approximate surface area is 309 Å². The Balaban J connectivity index is 0.000000147. The number of rotatable bonds is 6. The topological polar surface area (TPSA) is 165 Å². The molecule has 4 aromatic heterocycles. The van der Waals surface area contributed by atoms with Gasteiger partial charge in [-0.05, 0) is 92.7 Å². The Kier molecular flexibility index (Phi) is 11.6. The highest BCUT2D eigenvalue weighted by Crippen LogP contribution is 2.42. The molecule has 0 saturated heterocycles. The van der Waals surface area contributed by atoms with Crippen molar-refractivity contribution >= 4 is 59.0 Å². The summed E-state index contributed by atoms with van der Waals surface area (Å²) in [5, 5.41) is 17.3. The van der Waals surface area contributed by atoms with Gasteiger partial charge in [0.15, 0.2) is 17.5 Å². The van der Waals surface area contributed by atoms with Crippen molar-refractivity contribution in [3.05, 3.63) is 66.7 Å². The predicted molar refractivity (Wildman–Crippen MR) is 202 cm³/mol. The van der Waals surface area contributed by atoms with E-state index in [1.165, 1.54) is 25.2 Å². The molecule has 6 heterocycles. The Morgan fingerprint density at radius 2 is 1.19 bits per heavy atom. The highest BCUT2D eigenvalue weighted by molar-refractivity contribution is 6.58. The van der Waals surface area contributed by atoms with Crippen LogP contribution in [0.15, 0.2) is 61.4 Å². The molecule has 14 nitrogen and oxygen atoms in total. The first-order valence-corrected chi connectivity index (χ1v) is 18.2. The standard InChI is InChI=1S/C18H21N5O.C13H17ClN4O.C5H6BNO2/c1-3-14-18(24)22(2)15-11-20-16(12-7-9-19-10-8-12)21-17(15)23(14)13-5-4-6-13;1-3-9-12(19)17(2)10-7-15-13(14)16-11(10)18(9)8-5-4-6-8;8-6(9)5-1-3-7-4-2-5/h7-11,13-14H,3-6H2,1-2H3;7-9H,3-6H2,1-2H3;1-4,8-9H/t14-;9-;/m11./s1. The van der Waals surface area contributed by atoms with Gasteiger partial charge in [-0.25, -0.2) is 15.0 Å². The Hall–Kier alpha value is -4.73. The summed E-state index contributed by atoms with van der Waals surface area (Å²) >= 11 is 5.93. The number of aromatic nitrogens is 6. The lowest BCUT2D eigenvalue weighted by Crippen LogP contribution is -2.57. The van der Waals surface area contributed by atoms with E-state index in [1.54, 1.807) is 53.8 Å². The molecule has 16 heteroatoms. The third-order valence-electron chi connectivity index (χ3n) is 10.2. The number of likely N-dealkylation sites (N-methyl/N-ethyl adjacent to an activating group) is 2. The fraction of sp³-hybridized carbons (Fsp3) is 0.444. The first-order chi connectivity index (χ1) is 25.1. The highest BCUT2D eigenvalue weighted by atomic mass is 35.5. The lowest BCUT2D eigenvalue weighted by Gasteiger charge is -2.47. The van der Waals surface area contributed by atoms with Gasteiger partial charge in [0.25, 0.3) is 0 Å². The lowest BCUT2D eigenvalue weighted by atomic mass is 9.81. The van der Waals surface area contributed by atoms with Crippen LogP contribution in [0, 0.1) is 0 Å². The quantitative estimate of drug-likeness (QED) is 0.219. The van der Waals surface area contributed by atoms with Gasteiger partial charge in [-0.2, -0.15) is 4.98 Å². The van der Waals surface area contributed by atoms with Crippen LogP contribution in [0.25, 0.3) is 11.4 Å². The number of anilines is 4. The van der Waals surface area contributed by atoms with E-state index in [4.69, 9.17) is 26.6 Å². The Morgan fingerprint density at radius 3 is 1.62 bits per heavy atom. The second-order valence-corrected chi connectivity index (χ2v) is 13.6. The van der Waals surface area contributed by atoms with Crippen molar-refractivity contribution in [2.75, 3.05) is 33.7 Å². The second-order valence-electron chi connectivity index (χ2n) is 13.3. The second kappa shape index (κ2) is 16.3. The number of pyridine rings is 2. The van der Waals surface area contributed by atoms with E-state index < -0.39 is 7.12 Å². The van der Waals surface area contributed by atoms with E-state index in [0.717, 1.165) is 67.1 Å². The van der Waals surface area contributed by atoms with Gasteiger partial charge in [-0.1, -0.05) is 13.8 Å². The van der Waals surface area contributed by atoms with Crippen LogP contribution in [-0.2, 0) is 9.59 Å². The molecule has 52 heavy (non-hydrogen) atoms. The van der Waals surface area contributed by atoms with Crippen molar-refractivity contribution in [1.29, 1.82) is 0 Å². The van der Waals surface area contributed by atoms with E-state index in [0.29, 0.717) is 23.4 Å². The normalized spacial score (nSPS) is 19.7. The van der Waals surface area contributed by atoms with Gasteiger partial charge in [0.2, 0.25) is 17.1 Å². The number of fused-ring (bicyclic) bond motifs is 2. The van der Waals surface area contributed by atoms with Crippen LogP contribution in [0.2, 0.25) is 5.28 Å². The molecule has 2 amide bonds. The fourth-order valence-corrected chi connectivity index (χ4v) is 7.01. The van der Waals surface area contributed by atoms with E-state index in [2.05, 4.69) is 41.6 Å². The van der Waals surface area contributed by atoms with E-state index in [1.807, 2.05) is 26.1 Å². The Morgan fingerprint density at radius 1 is 0.731 bits per heavy atom. The van der Waals surface area contributed by atoms with Gasteiger partial charge >= 0.3 is 7.12 Å². The molecule has 272 valence electrons. The minimum Gasteiger partial charge on any atom is -0.423 e. The van der Waals surface area contributed by atoms with Gasteiger partial charge < -0.3 is 29.6 Å². The third-order valence-corrected chi connectivity index (χ3v) is 10.4.